The van der Waals surface area contributed by atoms with E-state index in [-0.39, 0.29) is 11.9 Å². The van der Waals surface area contributed by atoms with Crippen molar-refractivity contribution in [3.63, 3.8) is 0 Å². The normalized spacial score (nSPS) is 18.2. The summed E-state index contributed by atoms with van der Waals surface area (Å²) in [5.74, 6) is 1.04. The van der Waals surface area contributed by atoms with Crippen LogP contribution in [0.4, 0.5) is 0 Å². The molecule has 0 radical (unpaired) electrons. The Bertz CT molecular complexity index is 610. The first kappa shape index (κ1) is 15.1. The largest absolute Gasteiger partial charge is 0.497 e. The van der Waals surface area contributed by atoms with Crippen LogP contribution in [0.1, 0.15) is 16.5 Å². The van der Waals surface area contributed by atoms with Crippen molar-refractivity contribution in [3.05, 3.63) is 52.2 Å². The van der Waals surface area contributed by atoms with Crippen LogP contribution in [0.15, 0.2) is 41.8 Å². The molecule has 0 aliphatic carbocycles. The number of nitrogens with zero attached hydrogens (tertiary/aromatic N) is 1. The first-order valence-corrected chi connectivity index (χ1v) is 8.32. The van der Waals surface area contributed by atoms with Gasteiger partial charge in [-0.3, -0.25) is 4.79 Å². The molecule has 0 spiro atoms. The molecule has 1 saturated heterocycles. The van der Waals surface area contributed by atoms with Crippen LogP contribution >= 0.6 is 11.3 Å². The molecule has 3 rings (SSSR count). The van der Waals surface area contributed by atoms with E-state index in [9.17, 15) is 4.79 Å². The van der Waals surface area contributed by atoms with Crippen LogP contribution < -0.4 is 10.1 Å². The fourth-order valence-electron chi connectivity index (χ4n) is 2.79. The summed E-state index contributed by atoms with van der Waals surface area (Å²) in [5.41, 5.74) is 1.15. The molecule has 22 heavy (non-hydrogen) atoms. The molecule has 2 aromatic rings. The number of piperazine rings is 1. The fraction of sp³-hybridized carbons (Fsp3) is 0.353. The molecule has 116 valence electrons. The van der Waals surface area contributed by atoms with Crippen LogP contribution in [-0.4, -0.2) is 37.6 Å². The Labute approximate surface area is 134 Å². The molecule has 0 bridgehead atoms. The first-order valence-electron chi connectivity index (χ1n) is 7.44. The van der Waals surface area contributed by atoms with E-state index in [2.05, 4.69) is 5.32 Å². The maximum atomic E-state index is 12.7. The Morgan fingerprint density at radius 1 is 1.36 bits per heavy atom. The summed E-state index contributed by atoms with van der Waals surface area (Å²) in [4.78, 5) is 15.8. The third-order valence-electron chi connectivity index (χ3n) is 3.97. The Kier molecular flexibility index (Phi) is 4.75. The van der Waals surface area contributed by atoms with E-state index in [1.807, 2.05) is 46.7 Å². The van der Waals surface area contributed by atoms with Crippen molar-refractivity contribution in [3.8, 4) is 5.75 Å². The molecule has 0 saturated carbocycles. The summed E-state index contributed by atoms with van der Waals surface area (Å²) in [7, 11) is 1.66. The van der Waals surface area contributed by atoms with Crippen LogP contribution in [0, 0.1) is 0 Å². The quantitative estimate of drug-likeness (QED) is 0.942. The zero-order valence-corrected chi connectivity index (χ0v) is 13.4. The molecule has 2 heterocycles. The van der Waals surface area contributed by atoms with Crippen LogP contribution in [0.3, 0.4) is 0 Å². The third-order valence-corrected chi connectivity index (χ3v) is 4.85. The fourth-order valence-corrected chi connectivity index (χ4v) is 3.49. The van der Waals surface area contributed by atoms with Crippen molar-refractivity contribution in [2.45, 2.75) is 12.5 Å². The number of methoxy groups -OCH3 is 1. The molecule has 1 aliphatic heterocycles. The number of thiophene rings is 1. The molecule has 1 aliphatic rings. The molecule has 0 unspecified atom stereocenters. The van der Waals surface area contributed by atoms with Gasteiger partial charge in [0.05, 0.1) is 19.6 Å². The second kappa shape index (κ2) is 6.94. The van der Waals surface area contributed by atoms with E-state index in [4.69, 9.17) is 4.74 Å². The molecule has 1 atom stereocenters. The molecule has 1 amide bonds. The van der Waals surface area contributed by atoms with Gasteiger partial charge in [0, 0.05) is 24.5 Å². The highest BCUT2D eigenvalue weighted by atomic mass is 32.1. The van der Waals surface area contributed by atoms with Gasteiger partial charge >= 0.3 is 0 Å². The van der Waals surface area contributed by atoms with Crippen molar-refractivity contribution in [1.29, 1.82) is 0 Å². The van der Waals surface area contributed by atoms with Gasteiger partial charge in [0.2, 0.25) is 5.91 Å². The smallest absolute Gasteiger partial charge is 0.228 e. The minimum atomic E-state index is 0.0899. The van der Waals surface area contributed by atoms with Gasteiger partial charge in [-0.25, -0.2) is 0 Å². The molecule has 4 nitrogen and oxygen atoms in total. The Hall–Kier alpha value is -1.85. The predicted octanol–water partition coefficient (Wildman–Crippen LogP) is 2.47. The number of benzene rings is 1. The van der Waals surface area contributed by atoms with Gasteiger partial charge in [-0.15, -0.1) is 11.3 Å². The summed E-state index contributed by atoms with van der Waals surface area (Å²) in [6.07, 6.45) is 0.490. The number of rotatable bonds is 4. The average molecular weight is 316 g/mol. The van der Waals surface area contributed by atoms with Gasteiger partial charge in [-0.05, 0) is 29.1 Å². The lowest BCUT2D eigenvalue weighted by Crippen LogP contribution is -2.49. The molecule has 1 fully saturated rings. The minimum Gasteiger partial charge on any atom is -0.497 e. The zero-order valence-electron chi connectivity index (χ0n) is 12.6. The number of amides is 1. The first-order chi connectivity index (χ1) is 10.8. The topological polar surface area (TPSA) is 41.6 Å². The molecule has 5 heteroatoms. The van der Waals surface area contributed by atoms with E-state index in [0.29, 0.717) is 6.42 Å². The van der Waals surface area contributed by atoms with E-state index in [0.717, 1.165) is 35.8 Å². The van der Waals surface area contributed by atoms with Crippen LogP contribution in [0.2, 0.25) is 0 Å². The summed E-state index contributed by atoms with van der Waals surface area (Å²) in [6, 6.07) is 12.1. The number of nitrogens with one attached hydrogen (secondary N) is 1. The van der Waals surface area contributed by atoms with Gasteiger partial charge in [0.25, 0.3) is 0 Å². The van der Waals surface area contributed by atoms with E-state index < -0.39 is 0 Å². The highest BCUT2D eigenvalue weighted by Crippen LogP contribution is 2.25. The highest BCUT2D eigenvalue weighted by molar-refractivity contribution is 7.10. The molecular formula is C17H20N2O2S. The minimum absolute atomic E-state index is 0.0899. The summed E-state index contributed by atoms with van der Waals surface area (Å²) in [5, 5.41) is 5.40. The molecule has 1 aromatic carbocycles. The van der Waals surface area contributed by atoms with Crippen molar-refractivity contribution in [2.24, 2.45) is 0 Å². The number of carbonyl (C=O) groups excluding carboxylic acids is 1. The van der Waals surface area contributed by atoms with E-state index >= 15 is 0 Å². The van der Waals surface area contributed by atoms with Gasteiger partial charge < -0.3 is 15.0 Å². The average Bonchev–Trinajstić information content (AvgIpc) is 3.08. The van der Waals surface area contributed by atoms with Crippen molar-refractivity contribution < 1.29 is 9.53 Å². The second-order valence-electron chi connectivity index (χ2n) is 5.34. The van der Waals surface area contributed by atoms with Crippen molar-refractivity contribution >= 4 is 17.2 Å². The van der Waals surface area contributed by atoms with E-state index in [1.165, 1.54) is 0 Å². The van der Waals surface area contributed by atoms with Gasteiger partial charge in [-0.2, -0.15) is 0 Å². The Morgan fingerprint density at radius 3 is 2.86 bits per heavy atom. The number of carbonyl (C=O) groups is 1. The number of hydrogen-bond acceptors (Lipinski definition) is 4. The number of hydrogen-bond donors (Lipinski definition) is 1. The maximum Gasteiger partial charge on any atom is 0.228 e. The highest BCUT2D eigenvalue weighted by Gasteiger charge is 2.27. The Morgan fingerprint density at radius 2 is 2.18 bits per heavy atom. The lowest BCUT2D eigenvalue weighted by molar-refractivity contribution is -0.133. The summed E-state index contributed by atoms with van der Waals surface area (Å²) < 4.78 is 5.21. The van der Waals surface area contributed by atoms with Crippen molar-refractivity contribution in [2.75, 3.05) is 26.7 Å². The maximum absolute atomic E-state index is 12.7. The third kappa shape index (κ3) is 3.31. The summed E-state index contributed by atoms with van der Waals surface area (Å²) in [6.45, 7) is 2.40. The van der Waals surface area contributed by atoms with Gasteiger partial charge in [-0.1, -0.05) is 18.2 Å². The zero-order chi connectivity index (χ0) is 15.4. The lowest BCUT2D eigenvalue weighted by atomic mass is 10.0. The molecule has 1 aromatic heterocycles. The Balaban J connectivity index is 1.76. The number of ether oxygens (including phenoxy) is 1. The predicted molar refractivity (Wildman–Crippen MR) is 88.3 cm³/mol. The van der Waals surface area contributed by atoms with Gasteiger partial charge in [0.1, 0.15) is 5.75 Å². The van der Waals surface area contributed by atoms with Crippen molar-refractivity contribution in [1.82, 2.24) is 10.2 Å². The monoisotopic (exact) mass is 316 g/mol. The SMILES string of the molecule is COc1ccc([C@@H]2CNCCN2C(=O)Cc2cccs2)cc1. The van der Waals surface area contributed by atoms with Crippen LogP contribution in [0.5, 0.6) is 5.75 Å². The lowest BCUT2D eigenvalue weighted by Gasteiger charge is -2.36. The summed E-state index contributed by atoms with van der Waals surface area (Å²) >= 11 is 1.64. The van der Waals surface area contributed by atoms with Crippen LogP contribution in [0.25, 0.3) is 0 Å². The standard InChI is InChI=1S/C17H20N2O2S/c1-21-14-6-4-13(5-7-14)16-12-18-8-9-19(16)17(20)11-15-3-2-10-22-15/h2-7,10,16,18H,8-9,11-12H2,1H3/t16-/m0/s1. The van der Waals surface area contributed by atoms with Crippen LogP contribution in [-0.2, 0) is 11.2 Å². The molecular weight excluding hydrogens is 296 g/mol. The van der Waals surface area contributed by atoms with Gasteiger partial charge in [0.15, 0.2) is 0 Å². The van der Waals surface area contributed by atoms with E-state index in [1.54, 1.807) is 18.4 Å². The second-order valence-corrected chi connectivity index (χ2v) is 6.37. The molecule has 1 N–H and O–H groups in total.